The molecule has 3 nitrogen and oxygen atoms in total. The SMILES string of the molecule is CC(C)C1(C(=O)c2cncc(F)c2)CCNC1. The van der Waals surface area contributed by atoms with Gasteiger partial charge in [0.15, 0.2) is 5.78 Å². The fourth-order valence-corrected chi connectivity index (χ4v) is 2.48. The molecule has 1 aliphatic heterocycles. The van der Waals surface area contributed by atoms with E-state index >= 15 is 0 Å². The monoisotopic (exact) mass is 236 g/mol. The molecule has 0 bridgehead atoms. The van der Waals surface area contributed by atoms with Crippen LogP contribution in [-0.2, 0) is 0 Å². The van der Waals surface area contributed by atoms with Crippen LogP contribution in [-0.4, -0.2) is 23.9 Å². The van der Waals surface area contributed by atoms with Crippen LogP contribution in [0.25, 0.3) is 0 Å². The summed E-state index contributed by atoms with van der Waals surface area (Å²) >= 11 is 0. The summed E-state index contributed by atoms with van der Waals surface area (Å²) in [6, 6.07) is 1.28. The smallest absolute Gasteiger partial charge is 0.172 e. The van der Waals surface area contributed by atoms with E-state index in [1.54, 1.807) is 0 Å². The van der Waals surface area contributed by atoms with Gasteiger partial charge in [0.1, 0.15) is 5.82 Å². The number of rotatable bonds is 3. The van der Waals surface area contributed by atoms with Crippen LogP contribution in [0.3, 0.4) is 0 Å². The summed E-state index contributed by atoms with van der Waals surface area (Å²) in [6.07, 6.45) is 3.37. The Morgan fingerprint density at radius 3 is 2.82 bits per heavy atom. The highest BCUT2D eigenvalue weighted by Crippen LogP contribution is 2.37. The predicted octanol–water partition coefficient (Wildman–Crippen LogP) is 2.04. The Balaban J connectivity index is 2.35. The summed E-state index contributed by atoms with van der Waals surface area (Å²) < 4.78 is 13.1. The van der Waals surface area contributed by atoms with Crippen molar-refractivity contribution in [2.75, 3.05) is 13.1 Å². The number of aromatic nitrogens is 1. The molecule has 2 heterocycles. The molecule has 17 heavy (non-hydrogen) atoms. The van der Waals surface area contributed by atoms with E-state index in [2.05, 4.69) is 10.3 Å². The van der Waals surface area contributed by atoms with E-state index in [-0.39, 0.29) is 11.7 Å². The highest BCUT2D eigenvalue weighted by molar-refractivity contribution is 6.00. The number of nitrogens with one attached hydrogen (secondary N) is 1. The second-order valence-corrected chi connectivity index (χ2v) is 4.96. The summed E-state index contributed by atoms with van der Waals surface area (Å²) in [4.78, 5) is 16.3. The Bertz CT molecular complexity index is 425. The maximum atomic E-state index is 13.1. The number of pyridine rings is 1. The van der Waals surface area contributed by atoms with E-state index in [0.29, 0.717) is 12.1 Å². The minimum absolute atomic E-state index is 0.00417. The zero-order valence-corrected chi connectivity index (χ0v) is 10.2. The van der Waals surface area contributed by atoms with Gasteiger partial charge >= 0.3 is 0 Å². The maximum Gasteiger partial charge on any atom is 0.172 e. The first-order chi connectivity index (χ1) is 8.06. The lowest BCUT2D eigenvalue weighted by Gasteiger charge is -2.30. The highest BCUT2D eigenvalue weighted by Gasteiger charge is 2.44. The van der Waals surface area contributed by atoms with Crippen LogP contribution in [0.5, 0.6) is 0 Å². The van der Waals surface area contributed by atoms with Crippen LogP contribution in [0.15, 0.2) is 18.5 Å². The van der Waals surface area contributed by atoms with Crippen molar-refractivity contribution in [3.8, 4) is 0 Å². The lowest BCUT2D eigenvalue weighted by molar-refractivity contribution is 0.0739. The van der Waals surface area contributed by atoms with Crippen LogP contribution in [0.1, 0.15) is 30.6 Å². The van der Waals surface area contributed by atoms with Crippen LogP contribution in [0.4, 0.5) is 4.39 Å². The number of carbonyl (C=O) groups excluding carboxylic acids is 1. The summed E-state index contributed by atoms with van der Waals surface area (Å²) in [5, 5.41) is 3.22. The second kappa shape index (κ2) is 4.53. The molecule has 1 aromatic rings. The van der Waals surface area contributed by atoms with Crippen LogP contribution in [0.2, 0.25) is 0 Å². The first kappa shape index (κ1) is 12.2. The molecule has 1 fully saturated rings. The van der Waals surface area contributed by atoms with Crippen molar-refractivity contribution >= 4 is 5.78 Å². The second-order valence-electron chi connectivity index (χ2n) is 4.96. The van der Waals surface area contributed by atoms with Gasteiger partial charge in [-0.3, -0.25) is 9.78 Å². The molecule has 0 saturated carbocycles. The fraction of sp³-hybridized carbons (Fsp3) is 0.538. The Morgan fingerprint density at radius 2 is 2.29 bits per heavy atom. The molecule has 1 atom stereocenters. The van der Waals surface area contributed by atoms with Crippen molar-refractivity contribution in [3.05, 3.63) is 29.8 Å². The third-order valence-electron chi connectivity index (χ3n) is 3.71. The standard InChI is InChI=1S/C13H17FN2O/c1-9(2)13(3-4-15-8-13)12(17)10-5-11(14)7-16-6-10/h5-7,9,15H,3-4,8H2,1-2H3. The number of hydrogen-bond donors (Lipinski definition) is 1. The van der Waals surface area contributed by atoms with Gasteiger partial charge in [0.2, 0.25) is 0 Å². The van der Waals surface area contributed by atoms with E-state index < -0.39 is 11.2 Å². The molecule has 0 radical (unpaired) electrons. The lowest BCUT2D eigenvalue weighted by Crippen LogP contribution is -2.38. The third kappa shape index (κ3) is 2.09. The van der Waals surface area contributed by atoms with Crippen molar-refractivity contribution in [2.24, 2.45) is 11.3 Å². The maximum absolute atomic E-state index is 13.1. The molecule has 1 N–H and O–H groups in total. The van der Waals surface area contributed by atoms with Gasteiger partial charge in [-0.2, -0.15) is 0 Å². The molecule has 1 aromatic heterocycles. The molecule has 0 aromatic carbocycles. The first-order valence-electron chi connectivity index (χ1n) is 5.92. The van der Waals surface area contributed by atoms with Crippen molar-refractivity contribution in [1.29, 1.82) is 0 Å². The van der Waals surface area contributed by atoms with E-state index in [1.165, 1.54) is 12.3 Å². The molecule has 1 unspecified atom stereocenters. The van der Waals surface area contributed by atoms with Gasteiger partial charge in [0.25, 0.3) is 0 Å². The van der Waals surface area contributed by atoms with Gasteiger partial charge in [-0.1, -0.05) is 13.8 Å². The molecule has 0 amide bonds. The highest BCUT2D eigenvalue weighted by atomic mass is 19.1. The Labute approximate surface area is 100 Å². The number of ketones is 1. The molecule has 1 aliphatic rings. The minimum Gasteiger partial charge on any atom is -0.316 e. The number of carbonyl (C=O) groups is 1. The van der Waals surface area contributed by atoms with Crippen molar-refractivity contribution in [1.82, 2.24) is 10.3 Å². The lowest BCUT2D eigenvalue weighted by atomic mass is 9.71. The van der Waals surface area contributed by atoms with Gasteiger partial charge in [-0.15, -0.1) is 0 Å². The number of Topliss-reactive ketones (excluding diaryl/α,β-unsaturated/α-hetero) is 1. The number of halogens is 1. The van der Waals surface area contributed by atoms with Crippen molar-refractivity contribution < 1.29 is 9.18 Å². The van der Waals surface area contributed by atoms with Crippen molar-refractivity contribution in [2.45, 2.75) is 20.3 Å². The molecule has 0 aliphatic carbocycles. The summed E-state index contributed by atoms with van der Waals surface area (Å²) in [6.45, 7) is 5.59. The molecule has 4 heteroatoms. The van der Waals surface area contributed by atoms with Crippen LogP contribution >= 0.6 is 0 Å². The van der Waals surface area contributed by atoms with Gasteiger partial charge in [0, 0.05) is 23.7 Å². The van der Waals surface area contributed by atoms with Crippen molar-refractivity contribution in [3.63, 3.8) is 0 Å². The summed E-state index contributed by atoms with van der Waals surface area (Å²) in [5.41, 5.74) is -0.0300. The minimum atomic E-state index is -0.458. The molecular formula is C13H17FN2O. The zero-order chi connectivity index (χ0) is 12.5. The number of hydrogen-bond acceptors (Lipinski definition) is 3. The zero-order valence-electron chi connectivity index (χ0n) is 10.2. The topological polar surface area (TPSA) is 42.0 Å². The van der Waals surface area contributed by atoms with E-state index in [1.807, 2.05) is 13.8 Å². The molecule has 1 saturated heterocycles. The van der Waals surface area contributed by atoms with Gasteiger partial charge < -0.3 is 5.32 Å². The molecular weight excluding hydrogens is 219 g/mol. The average molecular weight is 236 g/mol. The third-order valence-corrected chi connectivity index (χ3v) is 3.71. The van der Waals surface area contributed by atoms with Gasteiger partial charge in [-0.05, 0) is 24.9 Å². The van der Waals surface area contributed by atoms with E-state index in [4.69, 9.17) is 0 Å². The Hall–Kier alpha value is -1.29. The average Bonchev–Trinajstić information content (AvgIpc) is 2.78. The summed E-state index contributed by atoms with van der Waals surface area (Å²) in [5.74, 6) is -0.224. The fourth-order valence-electron chi connectivity index (χ4n) is 2.48. The van der Waals surface area contributed by atoms with E-state index in [9.17, 15) is 9.18 Å². The summed E-state index contributed by atoms with van der Waals surface area (Å²) in [7, 11) is 0. The molecule has 2 rings (SSSR count). The van der Waals surface area contributed by atoms with Crippen LogP contribution < -0.4 is 5.32 Å². The normalized spacial score (nSPS) is 24.2. The molecule has 0 spiro atoms. The largest absolute Gasteiger partial charge is 0.316 e. The Kier molecular flexibility index (Phi) is 3.24. The van der Waals surface area contributed by atoms with Gasteiger partial charge in [-0.25, -0.2) is 4.39 Å². The predicted molar refractivity (Wildman–Crippen MR) is 63.3 cm³/mol. The Morgan fingerprint density at radius 1 is 1.53 bits per heavy atom. The number of nitrogens with zero attached hydrogens (tertiary/aromatic N) is 1. The van der Waals surface area contributed by atoms with Gasteiger partial charge in [0.05, 0.1) is 6.20 Å². The van der Waals surface area contributed by atoms with Crippen LogP contribution in [0, 0.1) is 17.2 Å². The van der Waals surface area contributed by atoms with E-state index in [0.717, 1.165) is 19.2 Å². The first-order valence-corrected chi connectivity index (χ1v) is 5.92. The quantitative estimate of drug-likeness (QED) is 0.817. The molecule has 92 valence electrons.